The molecule has 0 atom stereocenters. The van der Waals surface area contributed by atoms with Crippen molar-refractivity contribution < 1.29 is 4.42 Å². The molecule has 4 rings (SSSR count). The third-order valence-corrected chi connectivity index (χ3v) is 3.52. The van der Waals surface area contributed by atoms with Crippen LogP contribution in [0.2, 0.25) is 0 Å². The summed E-state index contributed by atoms with van der Waals surface area (Å²) < 4.78 is 5.82. The maximum atomic E-state index is 12.1. The summed E-state index contributed by atoms with van der Waals surface area (Å²) in [5.41, 5.74) is 1.19. The van der Waals surface area contributed by atoms with Gasteiger partial charge in [-0.05, 0) is 23.6 Å². The van der Waals surface area contributed by atoms with Crippen LogP contribution in [0.5, 0.6) is 0 Å². The molecule has 100 valence electrons. The zero-order valence-electron chi connectivity index (χ0n) is 11.1. The molecule has 0 fully saturated rings. The van der Waals surface area contributed by atoms with E-state index in [1.807, 2.05) is 42.5 Å². The summed E-state index contributed by atoms with van der Waals surface area (Å²) in [4.78, 5) is 16.5. The van der Waals surface area contributed by atoms with E-state index in [4.69, 9.17) is 4.42 Å². The van der Waals surface area contributed by atoms with Crippen LogP contribution in [0.15, 0.2) is 76.1 Å². The molecule has 0 aliphatic rings. The molecule has 0 amide bonds. The summed E-state index contributed by atoms with van der Waals surface area (Å²) >= 11 is 0. The van der Waals surface area contributed by atoms with Gasteiger partial charge < -0.3 is 4.42 Å². The zero-order valence-corrected chi connectivity index (χ0v) is 11.1. The van der Waals surface area contributed by atoms with Crippen molar-refractivity contribution in [1.29, 1.82) is 0 Å². The smallest absolute Gasteiger partial charge is 0.193 e. The molecule has 0 radical (unpaired) electrons. The Morgan fingerprint density at radius 2 is 1.62 bits per heavy atom. The molecule has 3 heteroatoms. The summed E-state index contributed by atoms with van der Waals surface area (Å²) in [6, 6.07) is 18.6. The first-order chi connectivity index (χ1) is 10.3. The number of benzene rings is 2. The van der Waals surface area contributed by atoms with Gasteiger partial charge in [0.25, 0.3) is 0 Å². The van der Waals surface area contributed by atoms with Crippen LogP contribution in [0.3, 0.4) is 0 Å². The van der Waals surface area contributed by atoms with Crippen molar-refractivity contribution in [1.82, 2.24) is 4.98 Å². The molecular weight excluding hydrogens is 262 g/mol. The normalized spacial score (nSPS) is 11.0. The van der Waals surface area contributed by atoms with E-state index in [1.165, 1.54) is 6.07 Å². The van der Waals surface area contributed by atoms with Gasteiger partial charge in [-0.25, -0.2) is 0 Å². The van der Waals surface area contributed by atoms with E-state index in [9.17, 15) is 4.79 Å². The lowest BCUT2D eigenvalue weighted by Gasteiger charge is -2.04. The quantitative estimate of drug-likeness (QED) is 0.526. The Kier molecular flexibility index (Phi) is 2.57. The number of rotatable bonds is 1. The Morgan fingerprint density at radius 3 is 2.52 bits per heavy atom. The average molecular weight is 273 g/mol. The van der Waals surface area contributed by atoms with Crippen LogP contribution in [0.25, 0.3) is 33.2 Å². The molecule has 4 aromatic rings. The molecular formula is C18H11NO2. The predicted octanol–water partition coefficient (Wildman–Crippen LogP) is 4.01. The Bertz CT molecular complexity index is 1020. The molecule has 0 N–H and O–H groups in total. The van der Waals surface area contributed by atoms with E-state index in [0.717, 1.165) is 10.8 Å². The lowest BCUT2D eigenvalue weighted by Crippen LogP contribution is -2.00. The Hall–Kier alpha value is -2.94. The fourth-order valence-electron chi connectivity index (χ4n) is 2.45. The van der Waals surface area contributed by atoms with E-state index in [1.54, 1.807) is 18.3 Å². The lowest BCUT2D eigenvalue weighted by molar-refractivity contribution is 0.616. The average Bonchev–Trinajstić information content (AvgIpc) is 2.54. The van der Waals surface area contributed by atoms with Gasteiger partial charge in [-0.1, -0.05) is 36.4 Å². The molecule has 0 aliphatic heterocycles. The molecule has 3 nitrogen and oxygen atoms in total. The number of hydrogen-bond acceptors (Lipinski definition) is 3. The first-order valence-electron chi connectivity index (χ1n) is 6.69. The molecule has 0 bridgehead atoms. The van der Waals surface area contributed by atoms with E-state index >= 15 is 0 Å². The number of pyridine rings is 1. The van der Waals surface area contributed by atoms with Gasteiger partial charge in [0, 0.05) is 17.6 Å². The van der Waals surface area contributed by atoms with Crippen molar-refractivity contribution in [2.24, 2.45) is 0 Å². The number of para-hydroxylation sites is 1. The first kappa shape index (κ1) is 11.9. The van der Waals surface area contributed by atoms with Gasteiger partial charge in [-0.15, -0.1) is 0 Å². The molecule has 0 saturated carbocycles. The predicted molar refractivity (Wildman–Crippen MR) is 83.2 cm³/mol. The molecule has 0 aliphatic carbocycles. The van der Waals surface area contributed by atoms with Crippen molar-refractivity contribution >= 4 is 21.7 Å². The molecule has 2 aromatic heterocycles. The largest absolute Gasteiger partial charge is 0.454 e. The van der Waals surface area contributed by atoms with Gasteiger partial charge in [-0.3, -0.25) is 9.78 Å². The fourth-order valence-corrected chi connectivity index (χ4v) is 2.45. The summed E-state index contributed by atoms with van der Waals surface area (Å²) in [5.74, 6) is 0.490. The van der Waals surface area contributed by atoms with Crippen LogP contribution < -0.4 is 5.43 Å². The summed E-state index contributed by atoms with van der Waals surface area (Å²) in [6.07, 6.45) is 1.79. The van der Waals surface area contributed by atoms with Crippen molar-refractivity contribution in [3.05, 3.63) is 77.1 Å². The van der Waals surface area contributed by atoms with Gasteiger partial charge in [-0.2, -0.15) is 0 Å². The van der Waals surface area contributed by atoms with Crippen LogP contribution in [0.4, 0.5) is 0 Å². The maximum absolute atomic E-state index is 12.1. The lowest BCUT2D eigenvalue weighted by atomic mass is 10.1. The second-order valence-electron chi connectivity index (χ2n) is 4.89. The van der Waals surface area contributed by atoms with Crippen LogP contribution >= 0.6 is 0 Å². The number of hydrogen-bond donors (Lipinski definition) is 0. The van der Waals surface area contributed by atoms with Gasteiger partial charge in [0.1, 0.15) is 11.3 Å². The second-order valence-corrected chi connectivity index (χ2v) is 4.89. The topological polar surface area (TPSA) is 43.1 Å². The molecule has 0 unspecified atom stereocenters. The molecule has 2 aromatic carbocycles. The number of fused-ring (bicyclic) bond motifs is 2. The Balaban J connectivity index is 1.97. The van der Waals surface area contributed by atoms with Gasteiger partial charge >= 0.3 is 0 Å². The van der Waals surface area contributed by atoms with E-state index in [-0.39, 0.29) is 5.43 Å². The van der Waals surface area contributed by atoms with Crippen LogP contribution in [0.1, 0.15) is 0 Å². The van der Waals surface area contributed by atoms with Gasteiger partial charge in [0.15, 0.2) is 11.2 Å². The Labute approximate surface area is 120 Å². The number of aromatic nitrogens is 1. The summed E-state index contributed by atoms with van der Waals surface area (Å²) in [6.45, 7) is 0. The van der Waals surface area contributed by atoms with Gasteiger partial charge in [0.05, 0.1) is 5.39 Å². The van der Waals surface area contributed by atoms with Crippen LogP contribution in [0, 0.1) is 0 Å². The van der Waals surface area contributed by atoms with Crippen molar-refractivity contribution in [3.63, 3.8) is 0 Å². The van der Waals surface area contributed by atoms with Crippen molar-refractivity contribution in [2.75, 3.05) is 0 Å². The third kappa shape index (κ3) is 1.99. The highest BCUT2D eigenvalue weighted by Gasteiger charge is 2.08. The highest BCUT2D eigenvalue weighted by molar-refractivity contribution is 5.85. The second kappa shape index (κ2) is 4.56. The fraction of sp³-hybridized carbons (Fsp3) is 0. The van der Waals surface area contributed by atoms with E-state index < -0.39 is 0 Å². The maximum Gasteiger partial charge on any atom is 0.193 e. The van der Waals surface area contributed by atoms with Crippen LogP contribution in [-0.4, -0.2) is 4.98 Å². The minimum absolute atomic E-state index is 0.0539. The standard InChI is InChI=1S/C18H11NO2/c20-16-10-18(21-17-8-4-3-7-14(16)17)15-9-12-5-1-2-6-13(12)11-19-15/h1-11H. The molecule has 2 heterocycles. The highest BCUT2D eigenvalue weighted by Crippen LogP contribution is 2.23. The summed E-state index contributed by atoms with van der Waals surface area (Å²) in [5, 5.41) is 2.71. The summed E-state index contributed by atoms with van der Waals surface area (Å²) in [7, 11) is 0. The monoisotopic (exact) mass is 273 g/mol. The molecule has 21 heavy (non-hydrogen) atoms. The third-order valence-electron chi connectivity index (χ3n) is 3.52. The van der Waals surface area contributed by atoms with Crippen molar-refractivity contribution in [2.45, 2.75) is 0 Å². The highest BCUT2D eigenvalue weighted by atomic mass is 16.3. The number of nitrogens with zero attached hydrogens (tertiary/aromatic N) is 1. The first-order valence-corrected chi connectivity index (χ1v) is 6.69. The molecule has 0 spiro atoms. The minimum Gasteiger partial charge on any atom is -0.454 e. The molecule has 0 saturated heterocycles. The van der Waals surface area contributed by atoms with Crippen LogP contribution in [-0.2, 0) is 0 Å². The van der Waals surface area contributed by atoms with E-state index in [0.29, 0.717) is 22.4 Å². The Morgan fingerprint density at radius 1 is 0.857 bits per heavy atom. The SMILES string of the molecule is O=c1cc(-c2cc3ccccc3cn2)oc2ccccc12. The van der Waals surface area contributed by atoms with E-state index in [2.05, 4.69) is 4.98 Å². The van der Waals surface area contributed by atoms with Crippen molar-refractivity contribution in [3.8, 4) is 11.5 Å². The zero-order chi connectivity index (χ0) is 14.2. The van der Waals surface area contributed by atoms with Gasteiger partial charge in [0.2, 0.25) is 0 Å². The minimum atomic E-state index is -0.0539.